The van der Waals surface area contributed by atoms with Gasteiger partial charge < -0.3 is 16.0 Å². The third-order valence-electron chi connectivity index (χ3n) is 4.19. The third kappa shape index (κ3) is 3.79. The SMILES string of the molecule is C=C1NC(=O)N[C@@H](c2c(F)cccc2Cl)[C@H]1C(=O)Nc1cccc([N+](=O)[O-])c1. The molecule has 0 bridgehead atoms. The van der Waals surface area contributed by atoms with Crippen molar-refractivity contribution in [2.75, 3.05) is 5.32 Å². The van der Waals surface area contributed by atoms with Crippen LogP contribution in [0.5, 0.6) is 0 Å². The highest BCUT2D eigenvalue weighted by atomic mass is 35.5. The molecule has 2 aromatic rings. The van der Waals surface area contributed by atoms with Crippen molar-refractivity contribution in [3.8, 4) is 0 Å². The fourth-order valence-corrected chi connectivity index (χ4v) is 3.24. The van der Waals surface area contributed by atoms with Gasteiger partial charge in [0.15, 0.2) is 0 Å². The first-order chi connectivity index (χ1) is 13.3. The molecule has 3 amide bonds. The molecule has 0 radical (unpaired) electrons. The standard InChI is InChI=1S/C18H14ClFN4O4/c1-9-14(17(25)22-10-4-2-5-11(8-10)24(27)28)16(23-18(26)21-9)15-12(19)6-3-7-13(15)20/h2-8,14,16H,1H2,(H,22,25)(H2,21,23,26)/t14-,16+/m0/s1. The Bertz CT molecular complexity index is 977. The number of amides is 3. The maximum atomic E-state index is 14.4. The second kappa shape index (κ2) is 7.65. The predicted octanol–water partition coefficient (Wildman–Crippen LogP) is 3.51. The number of halogens is 2. The van der Waals surface area contributed by atoms with Crippen molar-refractivity contribution in [1.82, 2.24) is 10.6 Å². The molecule has 0 spiro atoms. The molecule has 28 heavy (non-hydrogen) atoms. The number of carbonyl (C=O) groups is 2. The minimum Gasteiger partial charge on any atom is -0.330 e. The smallest absolute Gasteiger partial charge is 0.319 e. The number of carbonyl (C=O) groups excluding carboxylic acids is 2. The van der Waals surface area contributed by atoms with E-state index in [1.165, 1.54) is 36.4 Å². The normalized spacial score (nSPS) is 18.8. The van der Waals surface area contributed by atoms with E-state index in [1.54, 1.807) is 0 Å². The first kappa shape index (κ1) is 19.3. The van der Waals surface area contributed by atoms with Crippen LogP contribution in [0.2, 0.25) is 5.02 Å². The van der Waals surface area contributed by atoms with E-state index < -0.39 is 34.6 Å². The largest absolute Gasteiger partial charge is 0.330 e. The summed E-state index contributed by atoms with van der Waals surface area (Å²) in [4.78, 5) is 35.1. The zero-order valence-electron chi connectivity index (χ0n) is 14.2. The lowest BCUT2D eigenvalue weighted by Crippen LogP contribution is -2.52. The molecular formula is C18H14ClFN4O4. The molecule has 0 saturated carbocycles. The number of nitrogens with one attached hydrogen (secondary N) is 3. The van der Waals surface area contributed by atoms with E-state index in [9.17, 15) is 24.1 Å². The highest BCUT2D eigenvalue weighted by molar-refractivity contribution is 6.31. The van der Waals surface area contributed by atoms with E-state index in [-0.39, 0.29) is 27.7 Å². The van der Waals surface area contributed by atoms with Gasteiger partial charge in [-0.3, -0.25) is 14.9 Å². The zero-order valence-corrected chi connectivity index (χ0v) is 15.0. The van der Waals surface area contributed by atoms with Crippen molar-refractivity contribution >= 4 is 34.9 Å². The molecule has 1 saturated heterocycles. The van der Waals surface area contributed by atoms with Gasteiger partial charge in [-0.1, -0.05) is 30.3 Å². The van der Waals surface area contributed by atoms with Crippen LogP contribution in [0, 0.1) is 21.8 Å². The van der Waals surface area contributed by atoms with Crippen LogP contribution in [-0.4, -0.2) is 16.9 Å². The maximum absolute atomic E-state index is 14.4. The summed E-state index contributed by atoms with van der Waals surface area (Å²) in [5.41, 5.74) is -0.0574. The van der Waals surface area contributed by atoms with Crippen LogP contribution in [0.4, 0.5) is 20.6 Å². The van der Waals surface area contributed by atoms with Crippen LogP contribution in [0.15, 0.2) is 54.7 Å². The van der Waals surface area contributed by atoms with Crippen molar-refractivity contribution < 1.29 is 18.9 Å². The molecule has 2 atom stereocenters. The summed E-state index contributed by atoms with van der Waals surface area (Å²) in [6.45, 7) is 3.68. The van der Waals surface area contributed by atoms with E-state index in [4.69, 9.17) is 11.6 Å². The molecule has 1 aliphatic heterocycles. The second-order valence-corrected chi connectivity index (χ2v) is 6.42. The van der Waals surface area contributed by atoms with Crippen molar-refractivity contribution in [1.29, 1.82) is 0 Å². The van der Waals surface area contributed by atoms with E-state index in [1.807, 2.05) is 0 Å². The average molecular weight is 405 g/mol. The van der Waals surface area contributed by atoms with Crippen LogP contribution < -0.4 is 16.0 Å². The molecule has 1 heterocycles. The number of hydrogen-bond donors (Lipinski definition) is 3. The zero-order chi connectivity index (χ0) is 20.4. The number of anilines is 1. The Morgan fingerprint density at radius 3 is 2.68 bits per heavy atom. The summed E-state index contributed by atoms with van der Waals surface area (Å²) >= 11 is 6.10. The van der Waals surface area contributed by atoms with E-state index >= 15 is 0 Å². The van der Waals surface area contributed by atoms with Crippen molar-refractivity contribution in [3.63, 3.8) is 0 Å². The summed E-state index contributed by atoms with van der Waals surface area (Å²) in [7, 11) is 0. The molecule has 0 aliphatic carbocycles. The first-order valence-electron chi connectivity index (χ1n) is 8.03. The third-order valence-corrected chi connectivity index (χ3v) is 4.52. The molecule has 2 aromatic carbocycles. The van der Waals surface area contributed by atoms with E-state index in [0.29, 0.717) is 0 Å². The predicted molar refractivity (Wildman–Crippen MR) is 100 cm³/mol. The molecule has 8 nitrogen and oxygen atoms in total. The van der Waals surface area contributed by atoms with Crippen LogP contribution in [0.3, 0.4) is 0 Å². The van der Waals surface area contributed by atoms with Gasteiger partial charge >= 0.3 is 6.03 Å². The Labute approximate surface area is 163 Å². The summed E-state index contributed by atoms with van der Waals surface area (Å²) in [6, 6.07) is 7.56. The van der Waals surface area contributed by atoms with Crippen LogP contribution >= 0.6 is 11.6 Å². The number of benzene rings is 2. The molecule has 0 unspecified atom stereocenters. The van der Waals surface area contributed by atoms with Crippen LogP contribution in [0.1, 0.15) is 11.6 Å². The minimum atomic E-state index is -1.12. The number of nitro groups is 1. The Balaban J connectivity index is 1.95. The minimum absolute atomic E-state index is 0.0353. The topological polar surface area (TPSA) is 113 Å². The van der Waals surface area contributed by atoms with E-state index in [0.717, 1.165) is 6.07 Å². The van der Waals surface area contributed by atoms with Crippen molar-refractivity contribution in [2.24, 2.45) is 5.92 Å². The Kier molecular flexibility index (Phi) is 5.27. The number of non-ortho nitro benzene ring substituents is 1. The maximum Gasteiger partial charge on any atom is 0.319 e. The van der Waals surface area contributed by atoms with Gasteiger partial charge in [-0.05, 0) is 18.2 Å². The van der Waals surface area contributed by atoms with Crippen molar-refractivity contribution in [2.45, 2.75) is 6.04 Å². The Morgan fingerprint density at radius 1 is 1.29 bits per heavy atom. The monoisotopic (exact) mass is 404 g/mol. The van der Waals surface area contributed by atoms with Gasteiger partial charge in [0.25, 0.3) is 5.69 Å². The lowest BCUT2D eigenvalue weighted by molar-refractivity contribution is -0.384. The quantitative estimate of drug-likeness (QED) is 0.534. The molecule has 3 rings (SSSR count). The molecule has 3 N–H and O–H groups in total. The van der Waals surface area contributed by atoms with E-state index in [2.05, 4.69) is 22.5 Å². The summed E-state index contributed by atoms with van der Waals surface area (Å²) < 4.78 is 14.4. The van der Waals surface area contributed by atoms with Gasteiger partial charge in [0.1, 0.15) is 11.7 Å². The Hall–Kier alpha value is -3.46. The summed E-state index contributed by atoms with van der Waals surface area (Å²) in [6.07, 6.45) is 0. The first-order valence-corrected chi connectivity index (χ1v) is 8.41. The van der Waals surface area contributed by atoms with Gasteiger partial charge in [0.05, 0.1) is 11.0 Å². The average Bonchev–Trinajstić information content (AvgIpc) is 2.61. The molecule has 144 valence electrons. The van der Waals surface area contributed by atoms with Gasteiger partial charge in [-0.25, -0.2) is 9.18 Å². The van der Waals surface area contributed by atoms with Crippen LogP contribution in [-0.2, 0) is 4.79 Å². The number of hydrogen-bond acceptors (Lipinski definition) is 4. The molecule has 0 aromatic heterocycles. The van der Waals surface area contributed by atoms with Crippen molar-refractivity contribution in [3.05, 3.63) is 81.3 Å². The summed E-state index contributed by atoms with van der Waals surface area (Å²) in [5, 5.41) is 18.3. The van der Waals surface area contributed by atoms with Gasteiger partial charge in [-0.2, -0.15) is 0 Å². The number of nitrogens with zero attached hydrogens (tertiary/aromatic N) is 1. The number of urea groups is 1. The molecule has 1 aliphatic rings. The highest BCUT2D eigenvalue weighted by Gasteiger charge is 2.40. The fraction of sp³-hybridized carbons (Fsp3) is 0.111. The molecule has 1 fully saturated rings. The lowest BCUT2D eigenvalue weighted by atomic mass is 9.87. The molecular weight excluding hydrogens is 391 g/mol. The number of rotatable bonds is 4. The highest BCUT2D eigenvalue weighted by Crippen LogP contribution is 2.36. The summed E-state index contributed by atoms with van der Waals surface area (Å²) in [5.74, 6) is -2.46. The lowest BCUT2D eigenvalue weighted by Gasteiger charge is -2.34. The van der Waals surface area contributed by atoms with Gasteiger partial charge in [-0.15, -0.1) is 0 Å². The fourth-order valence-electron chi connectivity index (χ4n) is 2.96. The van der Waals surface area contributed by atoms with Gasteiger partial charge in [0, 0.05) is 34.1 Å². The molecule has 10 heteroatoms. The van der Waals surface area contributed by atoms with Crippen LogP contribution in [0.25, 0.3) is 0 Å². The Morgan fingerprint density at radius 2 is 2.00 bits per heavy atom. The number of nitro benzene ring substituents is 1. The second-order valence-electron chi connectivity index (χ2n) is 6.01. The van der Waals surface area contributed by atoms with Gasteiger partial charge in [0.2, 0.25) is 5.91 Å².